The smallest absolute Gasteiger partial charge is 0.134 e. The summed E-state index contributed by atoms with van der Waals surface area (Å²) >= 11 is 0. The molecule has 0 radical (unpaired) electrons. The van der Waals surface area contributed by atoms with Crippen LogP contribution in [0.3, 0.4) is 0 Å². The van der Waals surface area contributed by atoms with E-state index < -0.39 is 0 Å². The van der Waals surface area contributed by atoms with Gasteiger partial charge in [-0.25, -0.2) is 0 Å². The van der Waals surface area contributed by atoms with Gasteiger partial charge in [-0.05, 0) is 29.7 Å². The van der Waals surface area contributed by atoms with Gasteiger partial charge in [0.05, 0.1) is 6.26 Å². The fourth-order valence-corrected chi connectivity index (χ4v) is 1.80. The van der Waals surface area contributed by atoms with Gasteiger partial charge in [0.15, 0.2) is 0 Å². The van der Waals surface area contributed by atoms with Gasteiger partial charge in [-0.15, -0.1) is 0 Å². The first-order valence-electron chi connectivity index (χ1n) is 4.11. The van der Waals surface area contributed by atoms with Crippen LogP contribution >= 0.6 is 0 Å². The first-order chi connectivity index (χ1) is 5.95. The van der Waals surface area contributed by atoms with Crippen LogP contribution < -0.4 is 10.6 Å². The molecule has 0 aliphatic heterocycles. The molecule has 0 saturated carbocycles. The molecule has 0 N–H and O–H groups in total. The molecule has 0 aromatic carbocycles. The number of fused-ring (bicyclic) bond motifs is 2. The third-order valence-electron chi connectivity index (χ3n) is 2.39. The predicted molar refractivity (Wildman–Crippen MR) is 47.7 cm³/mol. The van der Waals surface area contributed by atoms with Crippen molar-refractivity contribution in [3.05, 3.63) is 46.8 Å². The minimum atomic E-state index is 1.01. The Hall–Kier alpha value is -1.50. The van der Waals surface area contributed by atoms with E-state index in [4.69, 9.17) is 4.42 Å². The summed E-state index contributed by atoms with van der Waals surface area (Å²) in [5.74, 6) is 0. The standard InChI is InChI=1S/C11H8O/c1-2-4-9-8(3-1)7-11-10(9)5-6-12-11/h1-3,5-7H,4H2. The summed E-state index contributed by atoms with van der Waals surface area (Å²) in [6.07, 6.45) is 11.3. The highest BCUT2D eigenvalue weighted by molar-refractivity contribution is 5.83. The van der Waals surface area contributed by atoms with Crippen LogP contribution in [0.15, 0.2) is 40.5 Å². The molecule has 0 spiro atoms. The van der Waals surface area contributed by atoms with Gasteiger partial charge in [0.25, 0.3) is 0 Å². The lowest BCUT2D eigenvalue weighted by molar-refractivity contribution is 0.532. The van der Waals surface area contributed by atoms with Crippen LogP contribution in [-0.4, -0.2) is 0 Å². The Morgan fingerprint density at radius 2 is 2.33 bits per heavy atom. The van der Waals surface area contributed by atoms with E-state index in [1.54, 1.807) is 6.26 Å². The number of furan rings is 1. The Balaban J connectivity index is 2.47. The van der Waals surface area contributed by atoms with E-state index in [1.165, 1.54) is 16.4 Å². The molecule has 1 aromatic rings. The zero-order chi connectivity index (χ0) is 7.97. The molecule has 0 saturated heterocycles. The van der Waals surface area contributed by atoms with Crippen molar-refractivity contribution in [1.29, 1.82) is 0 Å². The molecule has 2 aliphatic rings. The van der Waals surface area contributed by atoms with Gasteiger partial charge in [-0.2, -0.15) is 0 Å². The molecule has 0 amide bonds. The van der Waals surface area contributed by atoms with Crippen molar-refractivity contribution < 1.29 is 4.42 Å². The normalized spacial score (nSPS) is 18.3. The first kappa shape index (κ1) is 6.06. The Labute approximate surface area is 70.0 Å². The molecule has 0 atom stereocenters. The third kappa shape index (κ3) is 0.632. The van der Waals surface area contributed by atoms with Crippen LogP contribution in [0.2, 0.25) is 0 Å². The maximum absolute atomic E-state index is 5.32. The summed E-state index contributed by atoms with van der Waals surface area (Å²) in [6, 6.07) is 2.04. The fraction of sp³-hybridized carbons (Fsp3) is 0.0909. The van der Waals surface area contributed by atoms with Crippen molar-refractivity contribution in [3.8, 4) is 0 Å². The summed E-state index contributed by atoms with van der Waals surface area (Å²) in [4.78, 5) is 0. The average molecular weight is 156 g/mol. The molecule has 0 unspecified atom stereocenters. The Bertz CT molecular complexity index is 497. The Morgan fingerprint density at radius 3 is 3.33 bits per heavy atom. The molecule has 0 fully saturated rings. The van der Waals surface area contributed by atoms with Gasteiger partial charge in [0, 0.05) is 5.22 Å². The van der Waals surface area contributed by atoms with Crippen LogP contribution in [0.1, 0.15) is 6.42 Å². The van der Waals surface area contributed by atoms with E-state index in [1.807, 2.05) is 6.07 Å². The van der Waals surface area contributed by atoms with Crippen LogP contribution in [0.25, 0.3) is 11.6 Å². The van der Waals surface area contributed by atoms with Gasteiger partial charge < -0.3 is 4.42 Å². The van der Waals surface area contributed by atoms with Gasteiger partial charge in [-0.3, -0.25) is 0 Å². The van der Waals surface area contributed by atoms with Gasteiger partial charge in [0.2, 0.25) is 0 Å². The van der Waals surface area contributed by atoms with Crippen molar-refractivity contribution in [2.45, 2.75) is 6.42 Å². The van der Waals surface area contributed by atoms with E-state index in [9.17, 15) is 0 Å². The highest BCUT2D eigenvalue weighted by Gasteiger charge is 2.12. The zero-order valence-corrected chi connectivity index (χ0v) is 6.58. The predicted octanol–water partition coefficient (Wildman–Crippen LogP) is 1.11. The number of hydrogen-bond donors (Lipinski definition) is 0. The second kappa shape index (κ2) is 2.01. The van der Waals surface area contributed by atoms with E-state index >= 15 is 0 Å². The Morgan fingerprint density at radius 1 is 1.33 bits per heavy atom. The second-order valence-corrected chi connectivity index (χ2v) is 3.08. The number of rotatable bonds is 0. The van der Waals surface area contributed by atoms with Gasteiger partial charge in [0.1, 0.15) is 5.42 Å². The van der Waals surface area contributed by atoms with Crippen LogP contribution in [0.5, 0.6) is 0 Å². The minimum absolute atomic E-state index is 1.01. The maximum atomic E-state index is 5.32. The van der Waals surface area contributed by atoms with Crippen molar-refractivity contribution in [1.82, 2.24) is 0 Å². The molecule has 3 rings (SSSR count). The lowest BCUT2D eigenvalue weighted by Crippen LogP contribution is -2.16. The fourth-order valence-electron chi connectivity index (χ4n) is 1.80. The molecule has 12 heavy (non-hydrogen) atoms. The van der Waals surface area contributed by atoms with E-state index in [-0.39, 0.29) is 0 Å². The summed E-state index contributed by atoms with van der Waals surface area (Å²) in [5, 5.41) is 1.27. The third-order valence-corrected chi connectivity index (χ3v) is 2.39. The molecule has 1 aromatic heterocycles. The summed E-state index contributed by atoms with van der Waals surface area (Å²) in [5.41, 5.74) is 3.73. The Kier molecular flexibility index (Phi) is 1.01. The van der Waals surface area contributed by atoms with Crippen molar-refractivity contribution in [2.24, 2.45) is 0 Å². The first-order valence-corrected chi connectivity index (χ1v) is 4.11. The highest BCUT2D eigenvalue weighted by Crippen LogP contribution is 2.22. The SMILES string of the molecule is C1=CCC2=c3ccoc3=CC2=C1. The molecule has 0 bridgehead atoms. The van der Waals surface area contributed by atoms with E-state index in [2.05, 4.69) is 24.3 Å². The lowest BCUT2D eigenvalue weighted by Gasteiger charge is -2.04. The highest BCUT2D eigenvalue weighted by atomic mass is 16.3. The largest absolute Gasteiger partial charge is 0.464 e. The van der Waals surface area contributed by atoms with Gasteiger partial charge in [-0.1, -0.05) is 18.2 Å². The van der Waals surface area contributed by atoms with Gasteiger partial charge >= 0.3 is 0 Å². The molecule has 1 nitrogen and oxygen atoms in total. The van der Waals surface area contributed by atoms with Crippen LogP contribution in [-0.2, 0) is 0 Å². The van der Waals surface area contributed by atoms with Crippen molar-refractivity contribution >= 4 is 11.6 Å². The van der Waals surface area contributed by atoms with E-state index in [0.717, 1.165) is 11.8 Å². The zero-order valence-electron chi connectivity index (χ0n) is 6.58. The monoisotopic (exact) mass is 156 g/mol. The molecule has 58 valence electrons. The average Bonchev–Trinajstić information content (AvgIpc) is 2.62. The summed E-state index contributed by atoms with van der Waals surface area (Å²) in [6.45, 7) is 0. The van der Waals surface area contributed by atoms with Crippen LogP contribution in [0, 0.1) is 0 Å². The summed E-state index contributed by atoms with van der Waals surface area (Å²) < 4.78 is 5.32. The maximum Gasteiger partial charge on any atom is 0.134 e. The summed E-state index contributed by atoms with van der Waals surface area (Å²) in [7, 11) is 0. The molecule has 1 heteroatoms. The van der Waals surface area contributed by atoms with Crippen molar-refractivity contribution in [3.63, 3.8) is 0 Å². The topological polar surface area (TPSA) is 13.1 Å². The van der Waals surface area contributed by atoms with Crippen molar-refractivity contribution in [2.75, 3.05) is 0 Å². The lowest BCUT2D eigenvalue weighted by atomic mass is 10.0. The molecular formula is C11H8O. The number of hydrogen-bond acceptors (Lipinski definition) is 1. The molecule has 1 heterocycles. The quantitative estimate of drug-likeness (QED) is 0.548. The second-order valence-electron chi connectivity index (χ2n) is 3.08. The minimum Gasteiger partial charge on any atom is -0.464 e. The number of allylic oxidation sites excluding steroid dienone is 4. The molecular weight excluding hydrogens is 148 g/mol. The molecule has 2 aliphatic carbocycles. The van der Waals surface area contributed by atoms with E-state index in [0.29, 0.717) is 0 Å². The van der Waals surface area contributed by atoms with Crippen LogP contribution in [0.4, 0.5) is 0 Å².